The Morgan fingerprint density at radius 3 is 1.95 bits per heavy atom. The Morgan fingerprint density at radius 1 is 0.973 bits per heavy atom. The van der Waals surface area contributed by atoms with E-state index < -0.39 is 35.7 Å². The van der Waals surface area contributed by atoms with Gasteiger partial charge in [-0.2, -0.15) is 0 Å². The Bertz CT molecular complexity index is 1190. The Hall–Kier alpha value is -2.57. The summed E-state index contributed by atoms with van der Waals surface area (Å²) in [5.41, 5.74) is 5.55. The number of nitrogens with one attached hydrogen (secondary N) is 1. The summed E-state index contributed by atoms with van der Waals surface area (Å²) in [5.74, 6) is 2.49. The van der Waals surface area contributed by atoms with Crippen molar-refractivity contribution in [1.82, 2.24) is 9.62 Å². The van der Waals surface area contributed by atoms with Gasteiger partial charge in [-0.25, -0.2) is 17.9 Å². The zero-order valence-corrected chi connectivity index (χ0v) is 25.7. The summed E-state index contributed by atoms with van der Waals surface area (Å²) in [6.45, 7) is 20.3. The monoisotopic (exact) mass is 546 g/mol. The Kier molecular flexibility index (Phi) is 9.48. The molecule has 0 spiro atoms. The Labute approximate surface area is 224 Å². The van der Waals surface area contributed by atoms with E-state index >= 15 is 0 Å². The fraction of sp³-hybridized carbons (Fsp3) is 0.571. The molecule has 1 aromatic rings. The second-order valence-corrected chi connectivity index (χ2v) is 19.0. The number of carbonyl (C=O) groups is 2. The minimum Gasteiger partial charge on any atom is -0.444 e. The first-order chi connectivity index (χ1) is 16.9. The molecule has 2 rings (SSSR count). The standard InChI is InChI=1S/C28H42N2O5SSi/c1-19(2)37(20(3)4,21(5)6)16-15-23-17-30(27(32)35-28(8,9)10)18-25(23)26(31)29-36(33,34)24-13-11-22(7)12-14-24/h11-14,19-21H,17-18H2,1-10H3,(H,29,31). The average Bonchev–Trinajstić information content (AvgIpc) is 3.17. The number of aryl methyl sites for hydroxylation is 1. The first kappa shape index (κ1) is 30.6. The van der Waals surface area contributed by atoms with E-state index in [-0.39, 0.29) is 23.6 Å². The van der Waals surface area contributed by atoms with Crippen molar-refractivity contribution in [1.29, 1.82) is 0 Å². The number of ether oxygens (including phenoxy) is 1. The number of amides is 2. The van der Waals surface area contributed by atoms with E-state index in [9.17, 15) is 18.0 Å². The van der Waals surface area contributed by atoms with Gasteiger partial charge in [0.15, 0.2) is 0 Å². The smallest absolute Gasteiger partial charge is 0.410 e. The first-order valence-electron chi connectivity index (χ1n) is 12.8. The van der Waals surface area contributed by atoms with E-state index in [2.05, 4.69) is 57.7 Å². The van der Waals surface area contributed by atoms with E-state index in [0.29, 0.717) is 22.2 Å². The van der Waals surface area contributed by atoms with Crippen LogP contribution in [0.4, 0.5) is 4.79 Å². The van der Waals surface area contributed by atoms with Crippen LogP contribution >= 0.6 is 0 Å². The summed E-state index contributed by atoms with van der Waals surface area (Å²) in [4.78, 5) is 27.5. The van der Waals surface area contributed by atoms with Crippen molar-refractivity contribution in [2.24, 2.45) is 0 Å². The average molecular weight is 547 g/mol. The van der Waals surface area contributed by atoms with Crippen LogP contribution in [0.15, 0.2) is 40.3 Å². The molecule has 0 aliphatic carbocycles. The molecule has 0 bridgehead atoms. The minimum atomic E-state index is -4.10. The lowest BCUT2D eigenvalue weighted by Gasteiger charge is -2.38. The van der Waals surface area contributed by atoms with Gasteiger partial charge >= 0.3 is 6.09 Å². The third-order valence-corrected chi connectivity index (χ3v) is 14.5. The molecule has 0 saturated carbocycles. The summed E-state index contributed by atoms with van der Waals surface area (Å²) in [6.07, 6.45) is -0.573. The maximum atomic E-state index is 13.3. The number of carbonyl (C=O) groups excluding carboxylic acids is 2. The highest BCUT2D eigenvalue weighted by Crippen LogP contribution is 2.41. The molecule has 0 saturated heterocycles. The molecule has 2 amide bonds. The highest BCUT2D eigenvalue weighted by molar-refractivity contribution is 7.90. The molecule has 0 radical (unpaired) electrons. The van der Waals surface area contributed by atoms with Crippen molar-refractivity contribution in [2.75, 3.05) is 13.1 Å². The normalized spacial score (nSPS) is 14.8. The van der Waals surface area contributed by atoms with Crippen LogP contribution in [-0.2, 0) is 19.6 Å². The number of benzene rings is 1. The molecule has 0 atom stereocenters. The summed E-state index contributed by atoms with van der Waals surface area (Å²) < 4.78 is 33.5. The van der Waals surface area contributed by atoms with E-state index in [1.165, 1.54) is 17.0 Å². The molecule has 1 aliphatic heterocycles. The van der Waals surface area contributed by atoms with Gasteiger partial charge in [0, 0.05) is 5.57 Å². The molecule has 1 aromatic carbocycles. The van der Waals surface area contributed by atoms with Crippen LogP contribution in [-0.4, -0.2) is 52.1 Å². The van der Waals surface area contributed by atoms with Gasteiger partial charge in [0.05, 0.1) is 23.6 Å². The quantitative estimate of drug-likeness (QED) is 0.372. The molecule has 0 aromatic heterocycles. The predicted octanol–water partition coefficient (Wildman–Crippen LogP) is 5.57. The zero-order chi connectivity index (χ0) is 28.3. The van der Waals surface area contributed by atoms with Crippen molar-refractivity contribution >= 4 is 30.1 Å². The van der Waals surface area contributed by atoms with Crippen LogP contribution in [0.25, 0.3) is 0 Å². The molecule has 9 heteroatoms. The van der Waals surface area contributed by atoms with Crippen LogP contribution in [0.1, 0.15) is 67.9 Å². The molecule has 1 heterocycles. The fourth-order valence-electron chi connectivity index (χ4n) is 4.98. The van der Waals surface area contributed by atoms with Gasteiger partial charge in [0.2, 0.25) is 0 Å². The highest BCUT2D eigenvalue weighted by Gasteiger charge is 2.42. The summed E-state index contributed by atoms with van der Waals surface area (Å²) in [5, 5.41) is 0. The van der Waals surface area contributed by atoms with Crippen LogP contribution in [0.2, 0.25) is 16.6 Å². The number of nitrogens with zero attached hydrogens (tertiary/aromatic N) is 1. The highest BCUT2D eigenvalue weighted by atomic mass is 32.2. The second kappa shape index (κ2) is 11.4. The lowest BCUT2D eigenvalue weighted by molar-refractivity contribution is -0.115. The van der Waals surface area contributed by atoms with E-state index in [0.717, 1.165) is 5.56 Å². The number of hydrogen-bond donors (Lipinski definition) is 1. The number of rotatable bonds is 6. The van der Waals surface area contributed by atoms with Crippen LogP contribution in [0, 0.1) is 18.4 Å². The summed E-state index contributed by atoms with van der Waals surface area (Å²) >= 11 is 0. The van der Waals surface area contributed by atoms with Gasteiger partial charge in [-0.05, 0) is 56.5 Å². The molecule has 204 valence electrons. The number of sulfonamides is 1. The summed E-state index contributed by atoms with van der Waals surface area (Å²) in [7, 11) is -6.23. The molecular formula is C28H42N2O5SSi. The first-order valence-corrected chi connectivity index (χ1v) is 16.5. The van der Waals surface area contributed by atoms with Gasteiger partial charge in [0.25, 0.3) is 15.9 Å². The van der Waals surface area contributed by atoms with Crippen molar-refractivity contribution in [3.8, 4) is 11.5 Å². The Morgan fingerprint density at radius 2 is 1.49 bits per heavy atom. The predicted molar refractivity (Wildman–Crippen MR) is 150 cm³/mol. The molecule has 37 heavy (non-hydrogen) atoms. The molecule has 1 aliphatic rings. The minimum absolute atomic E-state index is 0.00692. The third kappa shape index (κ3) is 7.26. The summed E-state index contributed by atoms with van der Waals surface area (Å²) in [6, 6.07) is 6.25. The molecule has 0 fully saturated rings. The third-order valence-electron chi connectivity index (χ3n) is 6.84. The molecule has 1 N–H and O–H groups in total. The van der Waals surface area contributed by atoms with Crippen LogP contribution in [0.5, 0.6) is 0 Å². The Balaban J connectivity index is 2.52. The van der Waals surface area contributed by atoms with Crippen LogP contribution in [0.3, 0.4) is 0 Å². The van der Waals surface area contributed by atoms with Crippen LogP contribution < -0.4 is 4.72 Å². The van der Waals surface area contributed by atoms with Crippen molar-refractivity contribution < 1.29 is 22.7 Å². The molecule has 0 unspecified atom stereocenters. The maximum Gasteiger partial charge on any atom is 0.410 e. The number of hydrogen-bond acceptors (Lipinski definition) is 5. The largest absolute Gasteiger partial charge is 0.444 e. The fourth-order valence-corrected chi connectivity index (χ4v) is 11.2. The maximum absolute atomic E-state index is 13.3. The van der Waals surface area contributed by atoms with Gasteiger partial charge in [-0.1, -0.05) is 65.2 Å². The second-order valence-electron chi connectivity index (χ2n) is 11.7. The SMILES string of the molecule is Cc1ccc(S(=O)(=O)NC(=O)C2=C(C#C[Si](C(C)C)(C(C)C)C(C)C)CN(C(=O)OC(C)(C)C)C2)cc1. The lowest BCUT2D eigenvalue weighted by Crippen LogP contribution is -2.43. The van der Waals surface area contributed by atoms with Gasteiger partial charge in [-0.15, -0.1) is 5.54 Å². The van der Waals surface area contributed by atoms with Gasteiger partial charge < -0.3 is 4.74 Å². The lowest BCUT2D eigenvalue weighted by atomic mass is 10.1. The van der Waals surface area contributed by atoms with Crippen molar-refractivity contribution in [2.45, 2.75) is 96.4 Å². The van der Waals surface area contributed by atoms with E-state index in [1.54, 1.807) is 32.9 Å². The zero-order valence-electron chi connectivity index (χ0n) is 23.9. The van der Waals surface area contributed by atoms with Crippen molar-refractivity contribution in [3.05, 3.63) is 41.0 Å². The van der Waals surface area contributed by atoms with Gasteiger partial charge in [0.1, 0.15) is 13.7 Å². The van der Waals surface area contributed by atoms with E-state index in [1.807, 2.05) is 6.92 Å². The van der Waals surface area contributed by atoms with E-state index in [4.69, 9.17) is 4.74 Å². The van der Waals surface area contributed by atoms with Gasteiger partial charge in [-0.3, -0.25) is 9.69 Å². The molecular weight excluding hydrogens is 504 g/mol. The topological polar surface area (TPSA) is 92.8 Å². The molecule has 7 nitrogen and oxygen atoms in total. The van der Waals surface area contributed by atoms with Crippen molar-refractivity contribution in [3.63, 3.8) is 0 Å².